The first kappa shape index (κ1) is 21.8. The first-order chi connectivity index (χ1) is 16.1. The van der Waals surface area contributed by atoms with Crippen molar-refractivity contribution >= 4 is 11.8 Å². The van der Waals surface area contributed by atoms with Crippen LogP contribution in [-0.2, 0) is 24.3 Å². The quantitative estimate of drug-likeness (QED) is 0.692. The van der Waals surface area contributed by atoms with Crippen LogP contribution in [0.5, 0.6) is 11.5 Å². The fourth-order valence-electron chi connectivity index (χ4n) is 5.70. The van der Waals surface area contributed by atoms with Crippen molar-refractivity contribution in [2.24, 2.45) is 11.8 Å². The highest BCUT2D eigenvalue weighted by Gasteiger charge is 2.34. The Morgan fingerprint density at radius 2 is 1.64 bits per heavy atom. The monoisotopic (exact) mass is 448 g/mol. The lowest BCUT2D eigenvalue weighted by atomic mass is 9.80. The third kappa shape index (κ3) is 4.19. The van der Waals surface area contributed by atoms with Crippen LogP contribution in [0.15, 0.2) is 36.4 Å². The Morgan fingerprint density at radius 3 is 2.33 bits per heavy atom. The summed E-state index contributed by atoms with van der Waals surface area (Å²) in [5.74, 6) is 2.46. The van der Waals surface area contributed by atoms with E-state index in [1.54, 1.807) is 14.2 Å². The predicted molar refractivity (Wildman–Crippen MR) is 125 cm³/mol. The molecule has 2 amide bonds. The van der Waals surface area contributed by atoms with Gasteiger partial charge >= 0.3 is 0 Å². The number of methoxy groups -OCH3 is 2. The molecule has 0 aromatic heterocycles. The summed E-state index contributed by atoms with van der Waals surface area (Å²) in [6.07, 6.45) is 4.67. The van der Waals surface area contributed by atoms with Crippen LogP contribution < -0.4 is 9.47 Å². The standard InChI is InChI=1S/C27H32N2O4/c1-32-24-13-20-11-12-28(17-22(20)14-25(24)33-2)26(30)19-9-7-18(8-10-19)15-29-16-21-5-3-4-6-23(21)27(29)31/h3-6,13-14,18-19H,7-12,15-17H2,1-2H3. The molecule has 1 saturated carbocycles. The molecular weight excluding hydrogens is 416 g/mol. The number of benzene rings is 2. The molecule has 6 nitrogen and oxygen atoms in total. The van der Waals surface area contributed by atoms with Crippen LogP contribution in [0.3, 0.4) is 0 Å². The molecule has 6 heteroatoms. The van der Waals surface area contributed by atoms with Crippen LogP contribution in [-0.4, -0.2) is 48.9 Å². The highest BCUT2D eigenvalue weighted by Crippen LogP contribution is 2.36. The van der Waals surface area contributed by atoms with Crippen molar-refractivity contribution < 1.29 is 19.1 Å². The van der Waals surface area contributed by atoms with Gasteiger partial charge in [-0.25, -0.2) is 0 Å². The van der Waals surface area contributed by atoms with Crippen molar-refractivity contribution in [1.82, 2.24) is 9.80 Å². The van der Waals surface area contributed by atoms with Gasteiger partial charge in [0.2, 0.25) is 5.91 Å². The predicted octanol–water partition coefficient (Wildman–Crippen LogP) is 4.05. The number of hydrogen-bond acceptors (Lipinski definition) is 4. The largest absolute Gasteiger partial charge is 0.493 e. The van der Waals surface area contributed by atoms with Crippen molar-refractivity contribution in [2.75, 3.05) is 27.3 Å². The molecule has 0 radical (unpaired) electrons. The molecule has 0 unspecified atom stereocenters. The lowest BCUT2D eigenvalue weighted by molar-refractivity contribution is -0.137. The van der Waals surface area contributed by atoms with Gasteiger partial charge in [-0.3, -0.25) is 9.59 Å². The molecule has 1 aliphatic carbocycles. The maximum atomic E-state index is 13.3. The maximum absolute atomic E-state index is 13.3. The van der Waals surface area contributed by atoms with E-state index in [0.29, 0.717) is 18.2 Å². The number of rotatable bonds is 5. The molecule has 2 heterocycles. The summed E-state index contributed by atoms with van der Waals surface area (Å²) >= 11 is 0. The Bertz CT molecular complexity index is 1060. The first-order valence-electron chi connectivity index (χ1n) is 12.0. The van der Waals surface area contributed by atoms with Crippen LogP contribution in [0.2, 0.25) is 0 Å². The first-order valence-corrected chi connectivity index (χ1v) is 12.0. The van der Waals surface area contributed by atoms with Crippen LogP contribution in [0.1, 0.15) is 52.7 Å². The zero-order chi connectivity index (χ0) is 22.9. The second kappa shape index (κ2) is 9.08. The van der Waals surface area contributed by atoms with E-state index in [9.17, 15) is 9.59 Å². The van der Waals surface area contributed by atoms with Gasteiger partial charge in [-0.05, 0) is 72.9 Å². The minimum absolute atomic E-state index is 0.0921. The topological polar surface area (TPSA) is 59.1 Å². The summed E-state index contributed by atoms with van der Waals surface area (Å²) in [5, 5.41) is 0. The smallest absolute Gasteiger partial charge is 0.254 e. The molecular formula is C27H32N2O4. The molecule has 0 N–H and O–H groups in total. The molecule has 2 aliphatic heterocycles. The number of nitrogens with zero attached hydrogens (tertiary/aromatic N) is 2. The molecule has 33 heavy (non-hydrogen) atoms. The fraction of sp³-hybridized carbons (Fsp3) is 0.481. The summed E-state index contributed by atoms with van der Waals surface area (Å²) in [5.41, 5.74) is 4.36. The van der Waals surface area contributed by atoms with Gasteiger partial charge in [0.05, 0.1) is 14.2 Å². The van der Waals surface area contributed by atoms with Crippen molar-refractivity contribution in [3.05, 3.63) is 58.7 Å². The van der Waals surface area contributed by atoms with Crippen LogP contribution in [0, 0.1) is 11.8 Å². The second-order valence-electron chi connectivity index (χ2n) is 9.55. The number of amides is 2. The van der Waals surface area contributed by atoms with Gasteiger partial charge in [-0.15, -0.1) is 0 Å². The van der Waals surface area contributed by atoms with E-state index in [-0.39, 0.29) is 17.7 Å². The second-order valence-corrected chi connectivity index (χ2v) is 9.55. The number of carbonyl (C=O) groups excluding carboxylic acids is 2. The summed E-state index contributed by atoms with van der Waals surface area (Å²) in [6.45, 7) is 2.90. The summed E-state index contributed by atoms with van der Waals surface area (Å²) in [4.78, 5) is 30.0. The van der Waals surface area contributed by atoms with Crippen molar-refractivity contribution in [3.63, 3.8) is 0 Å². The summed E-state index contributed by atoms with van der Waals surface area (Å²) < 4.78 is 10.9. The van der Waals surface area contributed by atoms with E-state index in [4.69, 9.17) is 9.47 Å². The van der Waals surface area contributed by atoms with Gasteiger partial charge in [0.1, 0.15) is 0 Å². The van der Waals surface area contributed by atoms with E-state index in [1.807, 2.05) is 46.2 Å². The van der Waals surface area contributed by atoms with Gasteiger partial charge in [0.25, 0.3) is 5.91 Å². The van der Waals surface area contributed by atoms with Crippen LogP contribution >= 0.6 is 0 Å². The van der Waals surface area contributed by atoms with E-state index in [0.717, 1.165) is 74.2 Å². The highest BCUT2D eigenvalue weighted by atomic mass is 16.5. The third-order valence-corrected chi connectivity index (χ3v) is 7.60. The normalized spacial score (nSPS) is 22.1. The number of carbonyl (C=O) groups is 2. The van der Waals surface area contributed by atoms with Crippen molar-refractivity contribution in [3.8, 4) is 11.5 Å². The molecule has 2 aromatic carbocycles. The Balaban J connectivity index is 1.16. The summed E-state index contributed by atoms with van der Waals surface area (Å²) in [7, 11) is 3.29. The van der Waals surface area contributed by atoms with Crippen molar-refractivity contribution in [2.45, 2.75) is 45.2 Å². The Labute approximate surface area is 195 Å². The number of ether oxygens (including phenoxy) is 2. The average molecular weight is 449 g/mol. The molecule has 3 aliphatic rings. The molecule has 2 aromatic rings. The van der Waals surface area contributed by atoms with Crippen molar-refractivity contribution in [1.29, 1.82) is 0 Å². The van der Waals surface area contributed by atoms with Crippen LogP contribution in [0.4, 0.5) is 0 Å². The van der Waals surface area contributed by atoms with Gasteiger partial charge < -0.3 is 19.3 Å². The lowest BCUT2D eigenvalue weighted by Gasteiger charge is -2.35. The molecule has 0 saturated heterocycles. The third-order valence-electron chi connectivity index (χ3n) is 7.60. The van der Waals surface area contributed by atoms with E-state index in [2.05, 4.69) is 0 Å². The minimum Gasteiger partial charge on any atom is -0.493 e. The van der Waals surface area contributed by atoms with Gasteiger partial charge in [0.15, 0.2) is 11.5 Å². The number of fused-ring (bicyclic) bond motifs is 2. The highest BCUT2D eigenvalue weighted by molar-refractivity contribution is 5.98. The van der Waals surface area contributed by atoms with Gasteiger partial charge in [-0.2, -0.15) is 0 Å². The molecule has 5 rings (SSSR count). The maximum Gasteiger partial charge on any atom is 0.254 e. The van der Waals surface area contributed by atoms with Crippen LogP contribution in [0.25, 0.3) is 0 Å². The van der Waals surface area contributed by atoms with Gasteiger partial charge in [0, 0.05) is 37.7 Å². The zero-order valence-electron chi connectivity index (χ0n) is 19.5. The Morgan fingerprint density at radius 1 is 0.939 bits per heavy atom. The Kier molecular flexibility index (Phi) is 6.00. The van der Waals surface area contributed by atoms with E-state index >= 15 is 0 Å². The van der Waals surface area contributed by atoms with E-state index in [1.165, 1.54) is 5.56 Å². The summed E-state index contributed by atoms with van der Waals surface area (Å²) in [6, 6.07) is 12.0. The molecule has 0 bridgehead atoms. The number of hydrogen-bond donors (Lipinski definition) is 0. The van der Waals surface area contributed by atoms with E-state index < -0.39 is 0 Å². The Hall–Kier alpha value is -3.02. The molecule has 0 atom stereocenters. The van der Waals surface area contributed by atoms with Gasteiger partial charge in [-0.1, -0.05) is 18.2 Å². The molecule has 0 spiro atoms. The molecule has 1 fully saturated rings. The minimum atomic E-state index is 0.0921. The lowest BCUT2D eigenvalue weighted by Crippen LogP contribution is -2.41. The SMILES string of the molecule is COc1cc2c(cc1OC)CN(C(=O)C1CCC(CN3Cc4ccccc4C3=O)CC1)CC2. The fourth-order valence-corrected chi connectivity index (χ4v) is 5.70. The average Bonchev–Trinajstić information content (AvgIpc) is 3.17. The zero-order valence-corrected chi connectivity index (χ0v) is 19.5. The molecule has 174 valence electrons.